The molecule has 2 aromatic rings. The van der Waals surface area contributed by atoms with Gasteiger partial charge in [0.15, 0.2) is 5.82 Å². The summed E-state index contributed by atoms with van der Waals surface area (Å²) >= 11 is 1.22. The summed E-state index contributed by atoms with van der Waals surface area (Å²) in [5, 5.41) is 5.27. The zero-order chi connectivity index (χ0) is 10.1. The first-order valence-electron chi connectivity index (χ1n) is 4.01. The maximum absolute atomic E-state index is 13.1. The largest absolute Gasteiger partial charge is 0.333 e. The van der Waals surface area contributed by atoms with Crippen molar-refractivity contribution >= 4 is 11.3 Å². The Morgan fingerprint density at radius 3 is 2.93 bits per heavy atom. The SMILES string of the molecule is CC(N)c1noc(-c2sccc2F)n1. The highest BCUT2D eigenvalue weighted by Gasteiger charge is 2.15. The zero-order valence-electron chi connectivity index (χ0n) is 7.40. The van der Waals surface area contributed by atoms with Crippen LogP contribution in [0.3, 0.4) is 0 Å². The lowest BCUT2D eigenvalue weighted by Gasteiger charge is -1.92. The molecule has 1 atom stereocenters. The smallest absolute Gasteiger partial charge is 0.271 e. The molecule has 2 N–H and O–H groups in total. The summed E-state index contributed by atoms with van der Waals surface area (Å²) in [6.07, 6.45) is 0. The quantitative estimate of drug-likeness (QED) is 0.828. The fourth-order valence-corrected chi connectivity index (χ4v) is 1.65. The Hall–Kier alpha value is -1.27. The molecule has 0 spiro atoms. The number of hydrogen-bond acceptors (Lipinski definition) is 5. The number of thiophene rings is 1. The van der Waals surface area contributed by atoms with Crippen molar-refractivity contribution in [2.75, 3.05) is 0 Å². The Morgan fingerprint density at radius 1 is 1.64 bits per heavy atom. The number of rotatable bonds is 2. The molecule has 14 heavy (non-hydrogen) atoms. The van der Waals surface area contributed by atoms with Gasteiger partial charge in [-0.15, -0.1) is 11.3 Å². The minimum Gasteiger partial charge on any atom is -0.333 e. The Bertz CT molecular complexity index is 437. The van der Waals surface area contributed by atoms with Gasteiger partial charge in [-0.2, -0.15) is 4.98 Å². The summed E-state index contributed by atoms with van der Waals surface area (Å²) in [4.78, 5) is 4.33. The van der Waals surface area contributed by atoms with Crippen LogP contribution < -0.4 is 5.73 Å². The van der Waals surface area contributed by atoms with Crippen LogP contribution in [0, 0.1) is 5.82 Å². The lowest BCUT2D eigenvalue weighted by molar-refractivity contribution is 0.417. The third-order valence-corrected chi connectivity index (χ3v) is 2.54. The molecule has 4 nitrogen and oxygen atoms in total. The van der Waals surface area contributed by atoms with Gasteiger partial charge in [0.1, 0.15) is 10.7 Å². The summed E-state index contributed by atoms with van der Waals surface area (Å²) in [5.74, 6) is 0.215. The molecule has 1 unspecified atom stereocenters. The van der Waals surface area contributed by atoms with Crippen molar-refractivity contribution in [3.05, 3.63) is 23.1 Å². The first kappa shape index (κ1) is 9.29. The third-order valence-electron chi connectivity index (χ3n) is 1.66. The Labute approximate surface area is 83.5 Å². The Morgan fingerprint density at radius 2 is 2.43 bits per heavy atom. The van der Waals surface area contributed by atoms with Crippen molar-refractivity contribution in [1.29, 1.82) is 0 Å². The van der Waals surface area contributed by atoms with E-state index >= 15 is 0 Å². The predicted octanol–water partition coefficient (Wildman–Crippen LogP) is 1.96. The van der Waals surface area contributed by atoms with Crippen LogP contribution in [-0.2, 0) is 0 Å². The number of nitrogens with two attached hydrogens (primary N) is 1. The molecular formula is C8H8FN3OS. The van der Waals surface area contributed by atoms with Crippen LogP contribution in [0.1, 0.15) is 18.8 Å². The van der Waals surface area contributed by atoms with Crippen molar-refractivity contribution in [3.8, 4) is 10.8 Å². The van der Waals surface area contributed by atoms with Crippen LogP contribution in [0.25, 0.3) is 10.8 Å². The molecule has 0 amide bonds. The molecule has 0 aliphatic carbocycles. The average Bonchev–Trinajstić information content (AvgIpc) is 2.71. The number of nitrogens with zero attached hydrogens (tertiary/aromatic N) is 2. The van der Waals surface area contributed by atoms with Gasteiger partial charge in [-0.25, -0.2) is 4.39 Å². The van der Waals surface area contributed by atoms with Crippen LogP contribution in [0.15, 0.2) is 16.0 Å². The molecule has 0 aromatic carbocycles. The molecule has 2 heterocycles. The molecule has 0 aliphatic heterocycles. The van der Waals surface area contributed by atoms with Gasteiger partial charge in [0, 0.05) is 0 Å². The van der Waals surface area contributed by atoms with Gasteiger partial charge in [-0.1, -0.05) is 5.16 Å². The minimum atomic E-state index is -0.352. The first-order chi connectivity index (χ1) is 6.68. The fraction of sp³-hybridized carbons (Fsp3) is 0.250. The van der Waals surface area contributed by atoms with Crippen LogP contribution in [0.4, 0.5) is 4.39 Å². The van der Waals surface area contributed by atoms with Crippen LogP contribution >= 0.6 is 11.3 Å². The highest BCUT2D eigenvalue weighted by atomic mass is 32.1. The summed E-state index contributed by atoms with van der Waals surface area (Å²) < 4.78 is 18.0. The summed E-state index contributed by atoms with van der Waals surface area (Å²) in [6, 6.07) is 1.05. The van der Waals surface area contributed by atoms with Gasteiger partial charge in [0.05, 0.1) is 6.04 Å². The van der Waals surface area contributed by atoms with Gasteiger partial charge >= 0.3 is 0 Å². The van der Waals surface area contributed by atoms with E-state index in [-0.39, 0.29) is 17.7 Å². The lowest BCUT2D eigenvalue weighted by atomic mass is 10.3. The molecule has 0 fully saturated rings. The van der Waals surface area contributed by atoms with E-state index < -0.39 is 0 Å². The fourth-order valence-electron chi connectivity index (χ4n) is 0.958. The minimum absolute atomic E-state index is 0.185. The molecule has 0 bridgehead atoms. The van der Waals surface area contributed by atoms with Gasteiger partial charge in [-0.05, 0) is 18.4 Å². The van der Waals surface area contributed by atoms with E-state index in [1.165, 1.54) is 17.4 Å². The lowest BCUT2D eigenvalue weighted by Crippen LogP contribution is -2.06. The second kappa shape index (κ2) is 3.47. The van der Waals surface area contributed by atoms with E-state index in [1.54, 1.807) is 12.3 Å². The van der Waals surface area contributed by atoms with E-state index in [1.807, 2.05) is 0 Å². The first-order valence-corrected chi connectivity index (χ1v) is 4.89. The maximum Gasteiger partial charge on any atom is 0.271 e. The van der Waals surface area contributed by atoms with Crippen LogP contribution in [-0.4, -0.2) is 10.1 Å². The molecule has 74 valence electrons. The van der Waals surface area contributed by atoms with E-state index in [2.05, 4.69) is 10.1 Å². The van der Waals surface area contributed by atoms with Crippen molar-refractivity contribution in [2.45, 2.75) is 13.0 Å². The average molecular weight is 213 g/mol. The molecule has 0 saturated carbocycles. The van der Waals surface area contributed by atoms with Crippen LogP contribution in [0.2, 0.25) is 0 Å². The van der Waals surface area contributed by atoms with E-state index in [0.717, 1.165) is 0 Å². The van der Waals surface area contributed by atoms with Crippen LogP contribution in [0.5, 0.6) is 0 Å². The van der Waals surface area contributed by atoms with Crippen molar-refractivity contribution < 1.29 is 8.91 Å². The molecular weight excluding hydrogens is 205 g/mol. The number of hydrogen-bond donors (Lipinski definition) is 1. The zero-order valence-corrected chi connectivity index (χ0v) is 8.21. The summed E-state index contributed by atoms with van der Waals surface area (Å²) in [7, 11) is 0. The monoisotopic (exact) mass is 213 g/mol. The molecule has 0 aliphatic rings. The molecule has 2 rings (SSSR count). The van der Waals surface area contributed by atoms with Gasteiger partial charge in [0.25, 0.3) is 5.89 Å². The number of aromatic nitrogens is 2. The Balaban J connectivity index is 2.39. The topological polar surface area (TPSA) is 64.9 Å². The third kappa shape index (κ3) is 1.53. The molecule has 2 aromatic heterocycles. The van der Waals surface area contributed by atoms with Crippen molar-refractivity contribution in [3.63, 3.8) is 0 Å². The van der Waals surface area contributed by atoms with Gasteiger partial charge in [-0.3, -0.25) is 0 Å². The summed E-state index contributed by atoms with van der Waals surface area (Å²) in [5.41, 5.74) is 5.54. The highest BCUT2D eigenvalue weighted by molar-refractivity contribution is 7.13. The second-order valence-corrected chi connectivity index (χ2v) is 3.76. The van der Waals surface area contributed by atoms with E-state index in [9.17, 15) is 4.39 Å². The molecule has 0 radical (unpaired) electrons. The predicted molar refractivity (Wildman–Crippen MR) is 50.2 cm³/mol. The van der Waals surface area contributed by atoms with Crippen molar-refractivity contribution in [2.24, 2.45) is 5.73 Å². The molecule has 0 saturated heterocycles. The maximum atomic E-state index is 13.1. The normalized spacial score (nSPS) is 13.1. The number of halogens is 1. The standard InChI is InChI=1S/C8H8FN3OS/c1-4(10)7-11-8(13-12-7)6-5(9)2-3-14-6/h2-4H,10H2,1H3. The van der Waals surface area contributed by atoms with E-state index in [0.29, 0.717) is 10.7 Å². The highest BCUT2D eigenvalue weighted by Crippen LogP contribution is 2.27. The molecule has 6 heteroatoms. The Kier molecular flexibility index (Phi) is 2.30. The second-order valence-electron chi connectivity index (χ2n) is 2.84. The summed E-state index contributed by atoms with van der Waals surface area (Å²) in [6.45, 7) is 1.74. The van der Waals surface area contributed by atoms with Gasteiger partial charge in [0.2, 0.25) is 0 Å². The van der Waals surface area contributed by atoms with Gasteiger partial charge < -0.3 is 10.3 Å². The van der Waals surface area contributed by atoms with Crippen molar-refractivity contribution in [1.82, 2.24) is 10.1 Å². The van der Waals surface area contributed by atoms with E-state index in [4.69, 9.17) is 10.3 Å².